The molecule has 0 aliphatic heterocycles. The molecule has 2 aromatic rings. The second-order valence-electron chi connectivity index (χ2n) is 16.0. The topological polar surface area (TPSA) is 59.1 Å². The highest BCUT2D eigenvalue weighted by molar-refractivity contribution is 5.82. The van der Waals surface area contributed by atoms with Gasteiger partial charge in [0.1, 0.15) is 5.76 Å². The Labute approximate surface area is 349 Å². The van der Waals surface area contributed by atoms with Gasteiger partial charge in [-0.05, 0) is 150 Å². The van der Waals surface area contributed by atoms with Gasteiger partial charge >= 0.3 is 11.9 Å². The molecule has 6 nitrogen and oxygen atoms in total. The minimum Gasteiger partial charge on any atom is -0.463 e. The summed E-state index contributed by atoms with van der Waals surface area (Å²) in [6, 6.07) is 18.4. The number of anilines is 2. The highest BCUT2D eigenvalue weighted by Gasteiger charge is 2.28. The zero-order valence-electron chi connectivity index (χ0n) is 36.4. The summed E-state index contributed by atoms with van der Waals surface area (Å²) in [6.45, 7) is 25.0. The first-order valence-corrected chi connectivity index (χ1v) is 21.2. The smallest absolute Gasteiger partial charge is 0.335 e. The summed E-state index contributed by atoms with van der Waals surface area (Å²) >= 11 is 0. The second-order valence-corrected chi connectivity index (χ2v) is 16.0. The van der Waals surface area contributed by atoms with Crippen molar-refractivity contribution >= 4 is 28.9 Å². The largest absolute Gasteiger partial charge is 0.463 e. The van der Waals surface area contributed by atoms with E-state index in [0.717, 1.165) is 62.6 Å². The Morgan fingerprint density at radius 1 is 0.845 bits per heavy atom. The second kappa shape index (κ2) is 22.6. The van der Waals surface area contributed by atoms with Crippen molar-refractivity contribution in [1.29, 1.82) is 0 Å². The van der Waals surface area contributed by atoms with Crippen molar-refractivity contribution in [3.63, 3.8) is 0 Å². The number of carbonyl (C=O) groups excluding carboxylic acids is 2. The third-order valence-electron chi connectivity index (χ3n) is 11.4. The molecule has 2 aromatic carbocycles. The minimum absolute atomic E-state index is 0.0600. The molecule has 4 rings (SSSR count). The van der Waals surface area contributed by atoms with Crippen LogP contribution in [0.4, 0.5) is 11.4 Å². The van der Waals surface area contributed by atoms with Crippen molar-refractivity contribution in [1.82, 2.24) is 0 Å². The first-order valence-electron chi connectivity index (χ1n) is 21.2. The molecule has 58 heavy (non-hydrogen) atoms. The molecule has 0 bridgehead atoms. The number of hydrogen-bond acceptors (Lipinski definition) is 6. The Kier molecular flexibility index (Phi) is 17.7. The number of hydrogen-bond donors (Lipinski definition) is 0. The maximum absolute atomic E-state index is 12.0. The molecule has 5 atom stereocenters. The molecule has 0 heterocycles. The monoisotopic (exact) mass is 783 g/mol. The minimum atomic E-state index is -0.426. The van der Waals surface area contributed by atoms with E-state index in [9.17, 15) is 9.59 Å². The lowest BCUT2D eigenvalue weighted by Crippen LogP contribution is -2.36. The van der Waals surface area contributed by atoms with Crippen molar-refractivity contribution in [3.8, 4) is 11.8 Å². The number of aryl methyl sites for hydroxylation is 1. The van der Waals surface area contributed by atoms with Crippen molar-refractivity contribution in [2.45, 2.75) is 119 Å². The van der Waals surface area contributed by atoms with Gasteiger partial charge in [-0.2, -0.15) is 0 Å². The van der Waals surface area contributed by atoms with Gasteiger partial charge in [0, 0.05) is 52.9 Å². The molecule has 0 N–H and O–H groups in total. The van der Waals surface area contributed by atoms with E-state index in [1.165, 1.54) is 45.9 Å². The van der Waals surface area contributed by atoms with Gasteiger partial charge < -0.3 is 19.3 Å². The molecule has 6 heteroatoms. The molecule has 0 fully saturated rings. The third-order valence-corrected chi connectivity index (χ3v) is 11.4. The van der Waals surface area contributed by atoms with E-state index in [0.29, 0.717) is 24.3 Å². The Balaban J connectivity index is 1.57. The molecule has 0 saturated carbocycles. The molecule has 0 saturated heterocycles. The summed E-state index contributed by atoms with van der Waals surface area (Å²) in [5.41, 5.74) is 9.54. The van der Waals surface area contributed by atoms with Crippen LogP contribution in [0.25, 0.3) is 5.57 Å². The standard InChI is InChI=1S/C52H66N2O4/c1-11-44(53(46-27-19-39(7)20-28-46)48-32-34-50(42(10)36-48)58-52(56)14-4)29-23-40(8)43-24-30-47(31-25-43)54(49-33-21-38(6)17-22-41(49)9)45(12-2)26-18-37(5)16-15-35-57-51(55)13-3/h13-14,19-21,23-25,27-28,30-34,37,41-42,44-45H,3-4,11-12,15-16,18,26,29,35-36H2,1-2,5-10H3/b40-23+. The Morgan fingerprint density at radius 3 is 2.14 bits per heavy atom. The molecule has 2 aliphatic carbocycles. The molecule has 0 aromatic heterocycles. The molecule has 5 unspecified atom stereocenters. The molecule has 0 amide bonds. The van der Waals surface area contributed by atoms with E-state index in [4.69, 9.17) is 9.47 Å². The summed E-state index contributed by atoms with van der Waals surface area (Å²) in [4.78, 5) is 28.5. The molecule has 0 spiro atoms. The van der Waals surface area contributed by atoms with Crippen molar-refractivity contribution in [3.05, 3.63) is 138 Å². The number of carbonyl (C=O) groups is 2. The Bertz CT molecular complexity index is 1950. The first kappa shape index (κ1) is 45.4. The SMILES string of the molecule is C=CC(=O)OCCCC(C)CCC(CC)N(C1=CC=C(C)C#CC1C)c1ccc(/C(C)=C/CC(CC)N(C2=CC=C(OC(=O)C=C)C(C)C2)c2ccc(C)cc2)cc1. The summed E-state index contributed by atoms with van der Waals surface area (Å²) in [5.74, 6) is 7.38. The van der Waals surface area contributed by atoms with Crippen LogP contribution >= 0.6 is 0 Å². The molecule has 308 valence electrons. The van der Waals surface area contributed by atoms with Gasteiger partial charge in [0.15, 0.2) is 0 Å². The van der Waals surface area contributed by atoms with Crippen LogP contribution in [0.3, 0.4) is 0 Å². The van der Waals surface area contributed by atoms with Crippen molar-refractivity contribution in [2.24, 2.45) is 17.8 Å². The lowest BCUT2D eigenvalue weighted by atomic mass is 9.93. The molecular formula is C52H66N2O4. The fourth-order valence-electron chi connectivity index (χ4n) is 7.74. The van der Waals surface area contributed by atoms with E-state index in [2.05, 4.69) is 163 Å². The van der Waals surface area contributed by atoms with Crippen LogP contribution in [0, 0.1) is 36.5 Å². The zero-order chi connectivity index (χ0) is 42.2. The third kappa shape index (κ3) is 12.9. The van der Waals surface area contributed by atoms with Crippen molar-refractivity contribution in [2.75, 3.05) is 16.4 Å². The van der Waals surface area contributed by atoms with Gasteiger partial charge in [-0.3, -0.25) is 0 Å². The van der Waals surface area contributed by atoms with Crippen LogP contribution < -0.4 is 9.80 Å². The van der Waals surface area contributed by atoms with Crippen LogP contribution in [0.15, 0.2) is 127 Å². The van der Waals surface area contributed by atoms with Gasteiger partial charge in [-0.15, -0.1) is 0 Å². The van der Waals surface area contributed by atoms with E-state index < -0.39 is 5.97 Å². The fraction of sp³-hybridized carbons (Fsp3) is 0.423. The number of benzene rings is 2. The lowest BCUT2D eigenvalue weighted by Gasteiger charge is -2.37. The maximum Gasteiger partial charge on any atom is 0.335 e. The van der Waals surface area contributed by atoms with Crippen LogP contribution in [-0.4, -0.2) is 30.6 Å². The normalized spacial score (nSPS) is 18.0. The summed E-state index contributed by atoms with van der Waals surface area (Å²) in [7, 11) is 0. The maximum atomic E-state index is 12.0. The van der Waals surface area contributed by atoms with Crippen LogP contribution in [0.1, 0.15) is 111 Å². The first-order chi connectivity index (χ1) is 27.9. The van der Waals surface area contributed by atoms with Crippen LogP contribution in [0.2, 0.25) is 0 Å². The summed E-state index contributed by atoms with van der Waals surface area (Å²) in [5, 5.41) is 0. The van der Waals surface area contributed by atoms with E-state index in [1.54, 1.807) is 0 Å². The van der Waals surface area contributed by atoms with Crippen LogP contribution in [0.5, 0.6) is 0 Å². The Hall–Kier alpha value is -5.28. The fourth-order valence-corrected chi connectivity index (χ4v) is 7.74. The van der Waals surface area contributed by atoms with Gasteiger partial charge in [-0.1, -0.05) is 88.6 Å². The molecular weight excluding hydrogens is 717 g/mol. The predicted octanol–water partition coefficient (Wildman–Crippen LogP) is 12.6. The number of rotatable bonds is 21. The zero-order valence-corrected chi connectivity index (χ0v) is 36.4. The highest BCUT2D eigenvalue weighted by Crippen LogP contribution is 2.36. The van der Waals surface area contributed by atoms with E-state index in [1.807, 2.05) is 6.08 Å². The van der Waals surface area contributed by atoms with Gasteiger partial charge in [0.2, 0.25) is 0 Å². The average Bonchev–Trinajstić information content (AvgIpc) is 3.39. The number of allylic oxidation sites excluding steroid dienone is 9. The van der Waals surface area contributed by atoms with E-state index in [-0.39, 0.29) is 23.8 Å². The average molecular weight is 783 g/mol. The number of ether oxygens (including phenoxy) is 2. The molecule has 2 aliphatic rings. The van der Waals surface area contributed by atoms with Crippen molar-refractivity contribution < 1.29 is 19.1 Å². The number of nitrogens with zero attached hydrogens (tertiary/aromatic N) is 2. The highest BCUT2D eigenvalue weighted by atomic mass is 16.5. The van der Waals surface area contributed by atoms with E-state index >= 15 is 0 Å². The molecule has 0 radical (unpaired) electrons. The predicted molar refractivity (Wildman–Crippen MR) is 243 cm³/mol. The number of esters is 2. The summed E-state index contributed by atoms with van der Waals surface area (Å²) in [6.07, 6.45) is 20.9. The van der Waals surface area contributed by atoms with Gasteiger partial charge in [-0.25, -0.2) is 9.59 Å². The Morgan fingerprint density at radius 2 is 1.50 bits per heavy atom. The van der Waals surface area contributed by atoms with Gasteiger partial charge in [0.25, 0.3) is 0 Å². The lowest BCUT2D eigenvalue weighted by molar-refractivity contribution is -0.138. The van der Waals surface area contributed by atoms with Gasteiger partial charge in [0.05, 0.1) is 12.5 Å². The van der Waals surface area contributed by atoms with Crippen LogP contribution in [-0.2, 0) is 19.1 Å². The quantitative estimate of drug-likeness (QED) is 0.0544. The summed E-state index contributed by atoms with van der Waals surface area (Å²) < 4.78 is 10.8.